The van der Waals surface area contributed by atoms with Crippen molar-refractivity contribution in [3.63, 3.8) is 0 Å². The molecule has 1 aromatic rings. The van der Waals surface area contributed by atoms with Crippen LogP contribution in [0.25, 0.3) is 0 Å². The van der Waals surface area contributed by atoms with E-state index in [0.29, 0.717) is 6.61 Å². The molecule has 4 heteroatoms. The van der Waals surface area contributed by atoms with E-state index in [0.717, 1.165) is 5.56 Å². The van der Waals surface area contributed by atoms with Crippen molar-refractivity contribution in [1.82, 2.24) is 0 Å². The zero-order chi connectivity index (χ0) is 8.10. The fourth-order valence-electron chi connectivity index (χ4n) is 0.712. The van der Waals surface area contributed by atoms with Crippen LogP contribution in [0.15, 0.2) is 30.3 Å². The molecule has 1 nitrogen and oxygen atoms in total. The van der Waals surface area contributed by atoms with E-state index in [-0.39, 0.29) is 0 Å². The second kappa shape index (κ2) is 5.25. The number of halogens is 2. The van der Waals surface area contributed by atoms with Gasteiger partial charge in [-0.15, -0.1) is 0 Å². The summed E-state index contributed by atoms with van der Waals surface area (Å²) in [6.07, 6.45) is 0. The van der Waals surface area contributed by atoms with E-state index in [1.54, 1.807) is 0 Å². The third kappa shape index (κ3) is 4.21. The molecule has 0 aromatic heterocycles. The van der Waals surface area contributed by atoms with E-state index in [1.807, 2.05) is 30.3 Å². The predicted octanol–water partition coefficient (Wildman–Crippen LogP) is 2.67. The molecule has 59 valence electrons. The normalized spacial score (nSPS) is 10.5. The van der Waals surface area contributed by atoms with Crippen molar-refractivity contribution in [2.24, 2.45) is 0 Å². The van der Waals surface area contributed by atoms with Gasteiger partial charge in [0.2, 0.25) is 0 Å². The minimum absolute atomic E-state index is 0.544. The van der Waals surface area contributed by atoms with Crippen molar-refractivity contribution in [2.45, 2.75) is 6.61 Å². The fraction of sp³-hybridized carbons (Fsp3) is 0.143. The Balaban J connectivity index is 2.39. The summed E-state index contributed by atoms with van der Waals surface area (Å²) in [5.74, 6) is 0. The third-order valence-electron chi connectivity index (χ3n) is 1.19. The summed E-state index contributed by atoms with van der Waals surface area (Å²) < 4.78 is 5.16. The van der Waals surface area contributed by atoms with Crippen LogP contribution in [-0.4, -0.2) is 17.9 Å². The molecule has 0 saturated heterocycles. The summed E-state index contributed by atoms with van der Waals surface area (Å²) in [6, 6.07) is 9.86. The summed E-state index contributed by atoms with van der Waals surface area (Å²) in [4.78, 5) is 0. The molecule has 1 radical (unpaired) electrons. The summed E-state index contributed by atoms with van der Waals surface area (Å²) in [5, 5.41) is 0. The Bertz CT molecular complexity index is 203. The molecule has 0 amide bonds. The molecule has 1 rings (SSSR count). The van der Waals surface area contributed by atoms with Gasteiger partial charge in [-0.25, -0.2) is 0 Å². The maximum atomic E-state index is 5.57. The van der Waals surface area contributed by atoms with Gasteiger partial charge in [0.15, 0.2) is 0 Å². The van der Waals surface area contributed by atoms with Crippen molar-refractivity contribution < 1.29 is 3.07 Å². The zero-order valence-corrected chi connectivity index (χ0v) is 10.1. The van der Waals surface area contributed by atoms with Gasteiger partial charge < -0.3 is 0 Å². The van der Waals surface area contributed by atoms with Crippen molar-refractivity contribution >= 4 is 35.8 Å². The first-order valence-electron chi connectivity index (χ1n) is 3.14. The molecule has 0 spiro atoms. The summed E-state index contributed by atoms with van der Waals surface area (Å²) in [6.45, 7) is 0.544. The quantitative estimate of drug-likeness (QED) is 0.779. The van der Waals surface area contributed by atoms with E-state index in [2.05, 4.69) is 0 Å². The molecule has 0 aliphatic heterocycles. The van der Waals surface area contributed by atoms with Crippen molar-refractivity contribution in [2.75, 3.05) is 0 Å². The van der Waals surface area contributed by atoms with Gasteiger partial charge in [-0.1, -0.05) is 0 Å². The van der Waals surface area contributed by atoms with Crippen LogP contribution >= 0.6 is 17.8 Å². The Morgan fingerprint density at radius 1 is 1.18 bits per heavy atom. The average molecular weight is 297 g/mol. The molecule has 0 heterocycles. The predicted molar refractivity (Wildman–Crippen MR) is 48.7 cm³/mol. The van der Waals surface area contributed by atoms with Gasteiger partial charge >= 0.3 is 81.3 Å². The van der Waals surface area contributed by atoms with Gasteiger partial charge in [0, 0.05) is 0 Å². The van der Waals surface area contributed by atoms with Gasteiger partial charge in [0.1, 0.15) is 0 Å². The van der Waals surface area contributed by atoms with Crippen molar-refractivity contribution in [3.8, 4) is 0 Å². The molecule has 0 unspecified atom stereocenters. The number of hydrogen-bond acceptors (Lipinski definition) is 1. The van der Waals surface area contributed by atoms with E-state index >= 15 is 0 Å². The molecule has 0 aliphatic carbocycles. The van der Waals surface area contributed by atoms with Gasteiger partial charge in [-0.3, -0.25) is 0 Å². The Morgan fingerprint density at radius 3 is 2.36 bits per heavy atom. The van der Waals surface area contributed by atoms with Crippen LogP contribution < -0.4 is 0 Å². The summed E-state index contributed by atoms with van der Waals surface area (Å²) in [7, 11) is 11.1. The van der Waals surface area contributed by atoms with Crippen LogP contribution in [0, 0.1) is 0 Å². The SMILES string of the molecule is [Cl][Sn]([Cl])[O]Cc1ccccc1. The monoisotopic (exact) mass is 297 g/mol. The van der Waals surface area contributed by atoms with E-state index in [4.69, 9.17) is 20.9 Å². The fourth-order valence-corrected chi connectivity index (χ4v) is 2.23. The molecular formula is C7H7Cl2OSn. The first-order chi connectivity index (χ1) is 5.29. The topological polar surface area (TPSA) is 9.23 Å². The van der Waals surface area contributed by atoms with Crippen LogP contribution in [-0.2, 0) is 9.68 Å². The summed E-state index contributed by atoms with van der Waals surface area (Å²) >= 11 is -2.38. The maximum absolute atomic E-state index is 5.57. The number of benzene rings is 1. The zero-order valence-electron chi connectivity index (χ0n) is 5.76. The molecule has 0 bridgehead atoms. The molecule has 0 saturated carbocycles. The Hall–Kier alpha value is 0.559. The standard InChI is InChI=1S/C7H7O.2ClH.Sn/c8-6-7-4-2-1-3-5-7;;;/h1-5H,6H2;2*1H;/q-1;;;+3/p-2. The van der Waals surface area contributed by atoms with Crippen LogP contribution in [0.5, 0.6) is 0 Å². The van der Waals surface area contributed by atoms with Gasteiger partial charge in [-0.05, 0) is 0 Å². The van der Waals surface area contributed by atoms with Crippen LogP contribution in [0.4, 0.5) is 0 Å². The van der Waals surface area contributed by atoms with E-state index < -0.39 is 17.9 Å². The van der Waals surface area contributed by atoms with Gasteiger partial charge in [0.25, 0.3) is 0 Å². The average Bonchev–Trinajstić information content (AvgIpc) is 2.03. The molecule has 11 heavy (non-hydrogen) atoms. The van der Waals surface area contributed by atoms with Crippen molar-refractivity contribution in [3.05, 3.63) is 35.9 Å². The Labute approximate surface area is 81.0 Å². The molecule has 1 aromatic carbocycles. The first kappa shape index (κ1) is 9.65. The first-order valence-corrected chi connectivity index (χ1v) is 11.5. The second-order valence-corrected chi connectivity index (χ2v) is 10.0. The van der Waals surface area contributed by atoms with E-state index in [9.17, 15) is 0 Å². The summed E-state index contributed by atoms with van der Waals surface area (Å²) in [5.41, 5.74) is 1.12. The van der Waals surface area contributed by atoms with Gasteiger partial charge in [-0.2, -0.15) is 0 Å². The molecular weight excluding hydrogens is 290 g/mol. The van der Waals surface area contributed by atoms with Crippen molar-refractivity contribution in [1.29, 1.82) is 0 Å². The third-order valence-corrected chi connectivity index (χ3v) is 3.69. The van der Waals surface area contributed by atoms with Crippen LogP contribution in [0.3, 0.4) is 0 Å². The molecule has 0 fully saturated rings. The van der Waals surface area contributed by atoms with E-state index in [1.165, 1.54) is 0 Å². The molecule has 0 N–H and O–H groups in total. The van der Waals surface area contributed by atoms with Crippen LogP contribution in [0.1, 0.15) is 5.56 Å². The Morgan fingerprint density at radius 2 is 1.82 bits per heavy atom. The van der Waals surface area contributed by atoms with Crippen LogP contribution in [0.2, 0.25) is 0 Å². The van der Waals surface area contributed by atoms with Gasteiger partial charge in [0.05, 0.1) is 0 Å². The number of rotatable bonds is 3. The second-order valence-electron chi connectivity index (χ2n) is 2.00. The Kier molecular flexibility index (Phi) is 4.60. The molecule has 0 aliphatic rings. The number of hydrogen-bond donors (Lipinski definition) is 0. The molecule has 0 atom stereocenters. The minimum atomic E-state index is -2.38.